The molecule has 0 heterocycles. The highest BCUT2D eigenvalue weighted by atomic mass is 16.6. The number of carbonyl (C=O) groups excluding carboxylic acids is 2. The highest BCUT2D eigenvalue weighted by Crippen LogP contribution is 2.20. The standard InChI is InChI=1S/C24H26O8/c1-2-23(27)31-17-16-30-19-9-7-18(8-10-19)24(28)32-21-13-11-20(12-14-21)29-15-5-3-4-6-22(25)26/h2,7-14H,1,3-6,15-17H2,(H,25,26). The number of carbonyl (C=O) groups is 3. The Morgan fingerprint density at radius 1 is 0.781 bits per heavy atom. The van der Waals surface area contributed by atoms with E-state index in [4.69, 9.17) is 24.1 Å². The summed E-state index contributed by atoms with van der Waals surface area (Å²) in [6.45, 7) is 4.07. The minimum atomic E-state index is -0.788. The smallest absolute Gasteiger partial charge is 0.343 e. The molecule has 2 aromatic carbocycles. The maximum atomic E-state index is 12.3. The molecule has 0 amide bonds. The molecule has 0 atom stereocenters. The zero-order valence-corrected chi connectivity index (χ0v) is 17.7. The number of hydrogen-bond donors (Lipinski definition) is 1. The Hall–Kier alpha value is -3.81. The second-order valence-electron chi connectivity index (χ2n) is 6.66. The number of unbranched alkanes of at least 4 members (excludes halogenated alkanes) is 2. The van der Waals surface area contributed by atoms with E-state index in [1.807, 2.05) is 0 Å². The van der Waals surface area contributed by atoms with Crippen LogP contribution in [0, 0.1) is 0 Å². The second kappa shape index (κ2) is 13.5. The van der Waals surface area contributed by atoms with Crippen LogP contribution < -0.4 is 14.2 Å². The summed E-state index contributed by atoms with van der Waals surface area (Å²) in [5.74, 6) is -0.260. The number of carboxylic acids is 1. The second-order valence-corrected chi connectivity index (χ2v) is 6.66. The van der Waals surface area contributed by atoms with E-state index in [0.29, 0.717) is 35.8 Å². The van der Waals surface area contributed by atoms with Gasteiger partial charge in [0, 0.05) is 12.5 Å². The van der Waals surface area contributed by atoms with Gasteiger partial charge < -0.3 is 24.1 Å². The van der Waals surface area contributed by atoms with Crippen molar-refractivity contribution < 1.29 is 38.4 Å². The molecule has 0 saturated carbocycles. The molecule has 0 unspecified atom stereocenters. The molecule has 2 aromatic rings. The molecule has 1 N–H and O–H groups in total. The lowest BCUT2D eigenvalue weighted by molar-refractivity contribution is -0.138. The van der Waals surface area contributed by atoms with Gasteiger partial charge in [-0.25, -0.2) is 9.59 Å². The summed E-state index contributed by atoms with van der Waals surface area (Å²) >= 11 is 0. The van der Waals surface area contributed by atoms with Crippen molar-refractivity contribution in [3.63, 3.8) is 0 Å². The van der Waals surface area contributed by atoms with Gasteiger partial charge >= 0.3 is 17.9 Å². The molecule has 0 fully saturated rings. The summed E-state index contributed by atoms with van der Waals surface area (Å²) in [4.78, 5) is 33.7. The summed E-state index contributed by atoms with van der Waals surface area (Å²) < 4.78 is 21.2. The molecule has 0 radical (unpaired) electrons. The molecule has 0 aliphatic rings. The minimum Gasteiger partial charge on any atom is -0.494 e. The number of ether oxygens (including phenoxy) is 4. The molecule has 0 aromatic heterocycles. The largest absolute Gasteiger partial charge is 0.494 e. The van der Waals surface area contributed by atoms with Crippen LogP contribution in [0.3, 0.4) is 0 Å². The van der Waals surface area contributed by atoms with Crippen molar-refractivity contribution in [2.24, 2.45) is 0 Å². The molecule has 32 heavy (non-hydrogen) atoms. The Kier molecular flexibility index (Phi) is 10.3. The number of aliphatic carboxylic acids is 1. The van der Waals surface area contributed by atoms with E-state index in [1.165, 1.54) is 0 Å². The van der Waals surface area contributed by atoms with Crippen molar-refractivity contribution in [3.8, 4) is 17.2 Å². The van der Waals surface area contributed by atoms with Crippen molar-refractivity contribution in [1.82, 2.24) is 0 Å². The topological polar surface area (TPSA) is 108 Å². The fraction of sp³-hybridized carbons (Fsp3) is 0.292. The quantitative estimate of drug-likeness (QED) is 0.202. The van der Waals surface area contributed by atoms with E-state index in [9.17, 15) is 14.4 Å². The van der Waals surface area contributed by atoms with Gasteiger partial charge in [0.15, 0.2) is 0 Å². The van der Waals surface area contributed by atoms with Gasteiger partial charge in [-0.15, -0.1) is 0 Å². The van der Waals surface area contributed by atoms with Crippen LogP contribution in [-0.4, -0.2) is 42.8 Å². The first-order chi connectivity index (χ1) is 15.5. The van der Waals surface area contributed by atoms with Crippen LogP contribution in [0.25, 0.3) is 0 Å². The molecular formula is C24H26O8. The normalized spacial score (nSPS) is 10.1. The van der Waals surface area contributed by atoms with E-state index in [0.717, 1.165) is 18.9 Å². The van der Waals surface area contributed by atoms with Crippen molar-refractivity contribution in [2.45, 2.75) is 25.7 Å². The minimum absolute atomic E-state index is 0.0963. The van der Waals surface area contributed by atoms with Gasteiger partial charge in [-0.05, 0) is 67.8 Å². The Labute approximate surface area is 186 Å². The summed E-state index contributed by atoms with van der Waals surface area (Å²) in [6.07, 6.45) is 3.43. The van der Waals surface area contributed by atoms with Crippen LogP contribution in [0.4, 0.5) is 0 Å². The third kappa shape index (κ3) is 9.34. The molecule has 0 bridgehead atoms. The number of rotatable bonds is 14. The van der Waals surface area contributed by atoms with Crippen LogP contribution in [0.15, 0.2) is 61.2 Å². The molecule has 170 valence electrons. The number of esters is 2. The molecule has 0 saturated heterocycles. The van der Waals surface area contributed by atoms with Gasteiger partial charge in [-0.1, -0.05) is 6.58 Å². The van der Waals surface area contributed by atoms with Gasteiger partial charge in [-0.3, -0.25) is 4.79 Å². The zero-order chi connectivity index (χ0) is 23.2. The van der Waals surface area contributed by atoms with E-state index in [-0.39, 0.29) is 19.6 Å². The van der Waals surface area contributed by atoms with Crippen LogP contribution in [0.2, 0.25) is 0 Å². The molecule has 0 aliphatic heterocycles. The van der Waals surface area contributed by atoms with Crippen molar-refractivity contribution >= 4 is 17.9 Å². The van der Waals surface area contributed by atoms with Crippen molar-refractivity contribution in [3.05, 3.63) is 66.7 Å². The average Bonchev–Trinajstić information content (AvgIpc) is 2.80. The molecule has 8 nitrogen and oxygen atoms in total. The lowest BCUT2D eigenvalue weighted by Gasteiger charge is -2.09. The van der Waals surface area contributed by atoms with Gasteiger partial charge in [0.25, 0.3) is 0 Å². The fourth-order valence-electron chi connectivity index (χ4n) is 2.56. The van der Waals surface area contributed by atoms with Crippen molar-refractivity contribution in [2.75, 3.05) is 19.8 Å². The first kappa shape index (κ1) is 24.5. The summed E-state index contributed by atoms with van der Waals surface area (Å²) in [6, 6.07) is 13.1. The van der Waals surface area contributed by atoms with Crippen molar-refractivity contribution in [1.29, 1.82) is 0 Å². The highest BCUT2D eigenvalue weighted by molar-refractivity contribution is 5.91. The van der Waals surface area contributed by atoms with Gasteiger partial charge in [0.05, 0.1) is 12.2 Å². The first-order valence-corrected chi connectivity index (χ1v) is 10.2. The Bertz CT molecular complexity index is 887. The van der Waals surface area contributed by atoms with Crippen LogP contribution in [0.5, 0.6) is 17.2 Å². The average molecular weight is 442 g/mol. The third-order valence-corrected chi connectivity index (χ3v) is 4.19. The SMILES string of the molecule is C=CC(=O)OCCOc1ccc(C(=O)Oc2ccc(OCCCCCC(=O)O)cc2)cc1. The summed E-state index contributed by atoms with van der Waals surface area (Å²) in [5.41, 5.74) is 0.358. The maximum Gasteiger partial charge on any atom is 0.343 e. The lowest BCUT2D eigenvalue weighted by atomic mass is 10.2. The zero-order valence-electron chi connectivity index (χ0n) is 17.7. The molecule has 0 aliphatic carbocycles. The third-order valence-electron chi connectivity index (χ3n) is 4.19. The van der Waals surface area contributed by atoms with E-state index >= 15 is 0 Å². The molecule has 2 rings (SSSR count). The predicted molar refractivity (Wildman–Crippen MR) is 116 cm³/mol. The van der Waals surface area contributed by atoms with Gasteiger partial charge in [0.2, 0.25) is 0 Å². The predicted octanol–water partition coefficient (Wildman–Crippen LogP) is 4.04. The fourth-order valence-corrected chi connectivity index (χ4v) is 2.56. The van der Waals surface area contributed by atoms with Gasteiger partial charge in [0.1, 0.15) is 30.5 Å². The molecule has 0 spiro atoms. The maximum absolute atomic E-state index is 12.3. The van der Waals surface area contributed by atoms with Crippen LogP contribution in [0.1, 0.15) is 36.0 Å². The number of benzene rings is 2. The first-order valence-electron chi connectivity index (χ1n) is 10.2. The Balaban J connectivity index is 1.72. The number of hydrogen-bond acceptors (Lipinski definition) is 7. The molecule has 8 heteroatoms. The Morgan fingerprint density at radius 2 is 1.38 bits per heavy atom. The lowest BCUT2D eigenvalue weighted by Crippen LogP contribution is -2.11. The summed E-state index contributed by atoms with van der Waals surface area (Å²) in [7, 11) is 0. The van der Waals surface area contributed by atoms with Gasteiger partial charge in [-0.2, -0.15) is 0 Å². The highest BCUT2D eigenvalue weighted by Gasteiger charge is 2.09. The summed E-state index contributed by atoms with van der Waals surface area (Å²) in [5, 5.41) is 8.59. The van der Waals surface area contributed by atoms with Crippen LogP contribution >= 0.6 is 0 Å². The molecular weight excluding hydrogens is 416 g/mol. The number of carboxylic acid groups (broad SMARTS) is 1. The van der Waals surface area contributed by atoms with E-state index in [1.54, 1.807) is 48.5 Å². The van der Waals surface area contributed by atoms with E-state index in [2.05, 4.69) is 6.58 Å². The Morgan fingerprint density at radius 3 is 2.00 bits per heavy atom. The van der Waals surface area contributed by atoms with E-state index < -0.39 is 17.9 Å². The van der Waals surface area contributed by atoms with Crippen LogP contribution in [-0.2, 0) is 14.3 Å². The monoisotopic (exact) mass is 442 g/mol.